The van der Waals surface area contributed by atoms with E-state index in [1.807, 2.05) is 16.7 Å². The minimum Gasteiger partial charge on any atom is -0.383 e. The Kier molecular flexibility index (Phi) is 4.09. The largest absolute Gasteiger partial charge is 0.383 e. The van der Waals surface area contributed by atoms with Gasteiger partial charge in [-0.1, -0.05) is 0 Å². The molecule has 0 radical (unpaired) electrons. The maximum absolute atomic E-state index is 11.0. The van der Waals surface area contributed by atoms with Gasteiger partial charge in [0.25, 0.3) is 0 Å². The molecule has 2 N–H and O–H groups in total. The summed E-state index contributed by atoms with van der Waals surface area (Å²) in [6.45, 7) is 0.781. The minimum absolute atomic E-state index is 0.498. The fraction of sp³-hybridized carbons (Fsp3) is 0.333. The van der Waals surface area contributed by atoms with Gasteiger partial charge in [0.15, 0.2) is 0 Å². The van der Waals surface area contributed by atoms with Gasteiger partial charge in [-0.3, -0.25) is 4.21 Å². The quantitative estimate of drug-likeness (QED) is 0.883. The molecule has 1 unspecified atom stereocenters. The summed E-state index contributed by atoms with van der Waals surface area (Å²) < 4.78 is 13.1. The fourth-order valence-electron chi connectivity index (χ4n) is 1.80. The molecule has 0 fully saturated rings. The average molecular weight is 264 g/mol. The van der Waals surface area contributed by atoms with E-state index in [2.05, 4.69) is 9.97 Å². The first-order chi connectivity index (χ1) is 8.68. The van der Waals surface area contributed by atoms with Crippen LogP contribution in [0, 0.1) is 0 Å². The van der Waals surface area contributed by atoms with Crippen molar-refractivity contribution in [3.8, 4) is 11.3 Å². The lowest BCUT2D eigenvalue weighted by atomic mass is 10.2. The zero-order valence-corrected chi connectivity index (χ0v) is 11.1. The highest BCUT2D eigenvalue weighted by Crippen LogP contribution is 2.23. The molecule has 2 rings (SSSR count). The zero-order valence-electron chi connectivity index (χ0n) is 10.2. The predicted octanol–water partition coefficient (Wildman–Crippen LogP) is 1.30. The molecule has 2 aromatic rings. The Morgan fingerprint density at radius 1 is 1.50 bits per heavy atom. The highest BCUT2D eigenvalue weighted by atomic mass is 32.2. The summed E-state index contributed by atoms with van der Waals surface area (Å²) in [7, 11) is -0.753. The molecule has 0 aliphatic carbocycles. The van der Waals surface area contributed by atoms with Crippen LogP contribution in [0.4, 0.5) is 5.82 Å². The van der Waals surface area contributed by atoms with Crippen LogP contribution in [-0.2, 0) is 17.3 Å². The summed E-state index contributed by atoms with van der Waals surface area (Å²) in [5.74, 6) is 1.19. The first-order valence-electron chi connectivity index (χ1n) is 5.69. The number of rotatable bonds is 5. The van der Waals surface area contributed by atoms with Gasteiger partial charge in [0.1, 0.15) is 5.82 Å². The second-order valence-corrected chi connectivity index (χ2v) is 5.59. The SMILES string of the molecule is CS(=O)CCCn1cncc1-c1cccnc1N. The number of aromatic nitrogens is 3. The van der Waals surface area contributed by atoms with Gasteiger partial charge < -0.3 is 10.3 Å². The molecule has 2 heterocycles. The molecule has 0 aliphatic rings. The van der Waals surface area contributed by atoms with Crippen molar-refractivity contribution in [3.63, 3.8) is 0 Å². The van der Waals surface area contributed by atoms with Gasteiger partial charge >= 0.3 is 0 Å². The molecule has 96 valence electrons. The van der Waals surface area contributed by atoms with Crippen molar-refractivity contribution < 1.29 is 4.21 Å². The highest BCUT2D eigenvalue weighted by Gasteiger charge is 2.08. The van der Waals surface area contributed by atoms with Gasteiger partial charge in [0.2, 0.25) is 0 Å². The Labute approximate surface area is 109 Å². The van der Waals surface area contributed by atoms with Crippen LogP contribution in [0.15, 0.2) is 30.9 Å². The number of anilines is 1. The lowest BCUT2D eigenvalue weighted by Gasteiger charge is -2.08. The monoisotopic (exact) mass is 264 g/mol. The smallest absolute Gasteiger partial charge is 0.132 e. The molecule has 0 bridgehead atoms. The van der Waals surface area contributed by atoms with E-state index in [1.54, 1.807) is 25.0 Å². The standard InChI is InChI=1S/C12H16N4OS/c1-18(17)7-3-6-16-9-14-8-11(16)10-4-2-5-15-12(10)13/h2,4-5,8-9H,3,6-7H2,1H3,(H2,13,15). The minimum atomic E-state index is -0.753. The Balaban J connectivity index is 2.18. The van der Waals surface area contributed by atoms with Gasteiger partial charge in [0.05, 0.1) is 18.2 Å². The van der Waals surface area contributed by atoms with Crippen molar-refractivity contribution in [2.45, 2.75) is 13.0 Å². The first kappa shape index (κ1) is 12.8. The third-order valence-electron chi connectivity index (χ3n) is 2.66. The van der Waals surface area contributed by atoms with E-state index in [0.29, 0.717) is 11.6 Å². The summed E-state index contributed by atoms with van der Waals surface area (Å²) in [6.07, 6.45) is 7.77. The van der Waals surface area contributed by atoms with Crippen LogP contribution in [0.1, 0.15) is 6.42 Å². The zero-order chi connectivity index (χ0) is 13.0. The van der Waals surface area contributed by atoms with Crippen LogP contribution in [0.2, 0.25) is 0 Å². The molecule has 0 aromatic carbocycles. The molecular weight excluding hydrogens is 248 g/mol. The Morgan fingerprint density at radius 3 is 3.06 bits per heavy atom. The molecule has 1 atom stereocenters. The summed E-state index contributed by atoms with van der Waals surface area (Å²) in [5, 5.41) is 0. The van der Waals surface area contributed by atoms with Crippen LogP contribution >= 0.6 is 0 Å². The van der Waals surface area contributed by atoms with Gasteiger partial charge in [0, 0.05) is 41.1 Å². The molecule has 0 spiro atoms. The van der Waals surface area contributed by atoms with E-state index >= 15 is 0 Å². The van der Waals surface area contributed by atoms with E-state index in [0.717, 1.165) is 24.2 Å². The Hall–Kier alpha value is -1.69. The first-order valence-corrected chi connectivity index (χ1v) is 7.42. The number of nitrogen functional groups attached to an aromatic ring is 1. The summed E-state index contributed by atoms with van der Waals surface area (Å²) in [6, 6.07) is 3.78. The van der Waals surface area contributed by atoms with Crippen molar-refractivity contribution in [1.82, 2.24) is 14.5 Å². The highest BCUT2D eigenvalue weighted by molar-refractivity contribution is 7.84. The number of pyridine rings is 1. The average Bonchev–Trinajstić information content (AvgIpc) is 2.77. The number of nitrogens with two attached hydrogens (primary N) is 1. The van der Waals surface area contributed by atoms with Gasteiger partial charge in [-0.15, -0.1) is 0 Å². The van der Waals surface area contributed by atoms with Crippen molar-refractivity contribution in [3.05, 3.63) is 30.9 Å². The number of imidazole rings is 1. The molecule has 0 aliphatic heterocycles. The molecule has 0 saturated heterocycles. The molecular formula is C12H16N4OS. The topological polar surface area (TPSA) is 73.8 Å². The van der Waals surface area contributed by atoms with Gasteiger partial charge in [-0.2, -0.15) is 0 Å². The van der Waals surface area contributed by atoms with Crippen molar-refractivity contribution in [2.75, 3.05) is 17.7 Å². The van der Waals surface area contributed by atoms with Gasteiger partial charge in [-0.05, 0) is 18.6 Å². The summed E-state index contributed by atoms with van der Waals surface area (Å²) in [4.78, 5) is 8.21. The van der Waals surface area contributed by atoms with Crippen LogP contribution in [0.5, 0.6) is 0 Å². The predicted molar refractivity (Wildman–Crippen MR) is 73.4 cm³/mol. The van der Waals surface area contributed by atoms with E-state index in [9.17, 15) is 4.21 Å². The third-order valence-corrected chi connectivity index (χ3v) is 3.52. The second-order valence-electron chi connectivity index (χ2n) is 4.04. The lowest BCUT2D eigenvalue weighted by Crippen LogP contribution is -2.04. The fourth-order valence-corrected chi connectivity index (χ4v) is 2.33. The number of nitrogens with zero attached hydrogens (tertiary/aromatic N) is 3. The molecule has 6 heteroatoms. The number of hydrogen-bond acceptors (Lipinski definition) is 4. The number of aryl methyl sites for hydroxylation is 1. The molecule has 18 heavy (non-hydrogen) atoms. The van der Waals surface area contributed by atoms with E-state index in [-0.39, 0.29) is 0 Å². The summed E-state index contributed by atoms with van der Waals surface area (Å²) in [5.41, 5.74) is 7.69. The van der Waals surface area contributed by atoms with Crippen molar-refractivity contribution in [1.29, 1.82) is 0 Å². The molecule has 0 amide bonds. The van der Waals surface area contributed by atoms with Crippen molar-refractivity contribution >= 4 is 16.6 Å². The van der Waals surface area contributed by atoms with E-state index < -0.39 is 10.8 Å². The molecule has 0 saturated carbocycles. The van der Waals surface area contributed by atoms with E-state index in [4.69, 9.17) is 5.73 Å². The van der Waals surface area contributed by atoms with Crippen LogP contribution in [0.25, 0.3) is 11.3 Å². The van der Waals surface area contributed by atoms with Crippen LogP contribution in [-0.4, -0.2) is 30.8 Å². The maximum Gasteiger partial charge on any atom is 0.132 e. The Morgan fingerprint density at radius 2 is 2.33 bits per heavy atom. The number of hydrogen-bond donors (Lipinski definition) is 1. The van der Waals surface area contributed by atoms with E-state index in [1.165, 1.54) is 0 Å². The van der Waals surface area contributed by atoms with Crippen LogP contribution in [0.3, 0.4) is 0 Å². The molecule has 5 nitrogen and oxygen atoms in total. The lowest BCUT2D eigenvalue weighted by molar-refractivity contribution is 0.663. The van der Waals surface area contributed by atoms with Crippen molar-refractivity contribution in [2.24, 2.45) is 0 Å². The second kappa shape index (κ2) is 5.77. The van der Waals surface area contributed by atoms with Crippen LogP contribution < -0.4 is 5.73 Å². The Bertz CT molecular complexity index is 553. The molecule has 2 aromatic heterocycles. The normalized spacial score (nSPS) is 12.5. The maximum atomic E-state index is 11.0. The van der Waals surface area contributed by atoms with Gasteiger partial charge in [-0.25, -0.2) is 9.97 Å². The summed E-state index contributed by atoms with van der Waals surface area (Å²) >= 11 is 0. The third kappa shape index (κ3) is 2.95.